The van der Waals surface area contributed by atoms with Gasteiger partial charge in [-0.15, -0.1) is 0 Å². The minimum atomic E-state index is -0.221. The summed E-state index contributed by atoms with van der Waals surface area (Å²) in [6.45, 7) is 2.81. The molecule has 1 atom stereocenters. The lowest BCUT2D eigenvalue weighted by molar-refractivity contribution is -0.0290. The number of rotatable bonds is 7. The molecule has 1 unspecified atom stereocenters. The Morgan fingerprint density at radius 1 is 1.40 bits per heavy atom. The molecule has 2 rings (SSSR count). The first-order valence-corrected chi connectivity index (χ1v) is 7.30. The lowest BCUT2D eigenvalue weighted by Gasteiger charge is -2.37. The van der Waals surface area contributed by atoms with Gasteiger partial charge in [0, 0.05) is 18.2 Å². The van der Waals surface area contributed by atoms with E-state index in [1.54, 1.807) is 19.2 Å². The van der Waals surface area contributed by atoms with Crippen molar-refractivity contribution >= 4 is 0 Å². The van der Waals surface area contributed by atoms with Gasteiger partial charge in [0.1, 0.15) is 11.6 Å². The largest absolute Gasteiger partial charge is 0.496 e. The summed E-state index contributed by atoms with van der Waals surface area (Å²) in [4.78, 5) is 0. The molecule has 1 saturated carbocycles. The fourth-order valence-electron chi connectivity index (χ4n) is 2.95. The van der Waals surface area contributed by atoms with E-state index in [4.69, 9.17) is 9.47 Å². The summed E-state index contributed by atoms with van der Waals surface area (Å²) in [6.07, 6.45) is 3.60. The van der Waals surface area contributed by atoms with Crippen LogP contribution in [-0.4, -0.2) is 26.9 Å². The second-order valence-corrected chi connectivity index (χ2v) is 5.38. The highest BCUT2D eigenvalue weighted by molar-refractivity contribution is 5.36. The van der Waals surface area contributed by atoms with Crippen molar-refractivity contribution < 1.29 is 13.9 Å². The van der Waals surface area contributed by atoms with Crippen LogP contribution in [0.25, 0.3) is 0 Å². The number of methoxy groups -OCH3 is 1. The average Bonchev–Trinajstić information content (AvgIpc) is 2.41. The van der Waals surface area contributed by atoms with Crippen LogP contribution in [0.4, 0.5) is 4.39 Å². The van der Waals surface area contributed by atoms with Gasteiger partial charge in [0.25, 0.3) is 0 Å². The van der Waals surface area contributed by atoms with E-state index < -0.39 is 0 Å². The van der Waals surface area contributed by atoms with Gasteiger partial charge in [-0.3, -0.25) is 0 Å². The third-order valence-corrected chi connectivity index (χ3v) is 4.08. The zero-order valence-corrected chi connectivity index (χ0v) is 12.5. The SMILES string of the molecule is CCOC1CC(CC(NC)c2cc(F)ccc2OC)C1. The molecule has 4 heteroatoms. The van der Waals surface area contributed by atoms with Crippen LogP contribution in [0, 0.1) is 11.7 Å². The molecule has 0 bridgehead atoms. The van der Waals surface area contributed by atoms with Crippen LogP contribution in [0.3, 0.4) is 0 Å². The first-order chi connectivity index (χ1) is 9.67. The summed E-state index contributed by atoms with van der Waals surface area (Å²) < 4.78 is 24.4. The van der Waals surface area contributed by atoms with Crippen LogP contribution < -0.4 is 10.1 Å². The van der Waals surface area contributed by atoms with Crippen molar-refractivity contribution in [3.63, 3.8) is 0 Å². The second-order valence-electron chi connectivity index (χ2n) is 5.38. The molecule has 1 aromatic rings. The first kappa shape index (κ1) is 15.3. The lowest BCUT2D eigenvalue weighted by Crippen LogP contribution is -2.34. The van der Waals surface area contributed by atoms with Gasteiger partial charge in [0.2, 0.25) is 0 Å². The monoisotopic (exact) mass is 281 g/mol. The topological polar surface area (TPSA) is 30.5 Å². The zero-order chi connectivity index (χ0) is 14.5. The normalized spacial score (nSPS) is 23.2. The van der Waals surface area contributed by atoms with Gasteiger partial charge in [-0.2, -0.15) is 0 Å². The summed E-state index contributed by atoms with van der Waals surface area (Å²) in [6, 6.07) is 4.81. The molecular formula is C16H24FNO2. The molecule has 1 aliphatic carbocycles. The van der Waals surface area contributed by atoms with Crippen molar-refractivity contribution in [2.75, 3.05) is 20.8 Å². The van der Waals surface area contributed by atoms with E-state index in [0.717, 1.165) is 37.2 Å². The average molecular weight is 281 g/mol. The maximum absolute atomic E-state index is 13.5. The molecular weight excluding hydrogens is 257 g/mol. The van der Waals surface area contributed by atoms with Crippen molar-refractivity contribution in [3.05, 3.63) is 29.6 Å². The molecule has 0 radical (unpaired) electrons. The Morgan fingerprint density at radius 2 is 2.15 bits per heavy atom. The summed E-state index contributed by atoms with van der Waals surface area (Å²) in [5.74, 6) is 1.16. The number of hydrogen-bond acceptors (Lipinski definition) is 3. The smallest absolute Gasteiger partial charge is 0.123 e. The second kappa shape index (κ2) is 7.04. The maximum Gasteiger partial charge on any atom is 0.123 e. The minimum Gasteiger partial charge on any atom is -0.496 e. The molecule has 0 spiro atoms. The van der Waals surface area contributed by atoms with Crippen LogP contribution in [0.2, 0.25) is 0 Å². The highest BCUT2D eigenvalue weighted by atomic mass is 19.1. The number of halogens is 1. The molecule has 20 heavy (non-hydrogen) atoms. The van der Waals surface area contributed by atoms with Gasteiger partial charge in [-0.25, -0.2) is 4.39 Å². The van der Waals surface area contributed by atoms with Gasteiger partial charge in [-0.1, -0.05) is 0 Å². The zero-order valence-electron chi connectivity index (χ0n) is 12.5. The summed E-state index contributed by atoms with van der Waals surface area (Å²) in [5, 5.41) is 3.28. The molecule has 0 saturated heterocycles. The standard InChI is InChI=1S/C16H24FNO2/c1-4-20-13-7-11(8-13)9-15(18-2)14-10-12(17)5-6-16(14)19-3/h5-6,10-11,13,15,18H,4,7-9H2,1-3H3. The summed E-state index contributed by atoms with van der Waals surface area (Å²) in [7, 11) is 3.53. The van der Waals surface area contributed by atoms with E-state index in [1.165, 1.54) is 6.07 Å². The Bertz CT molecular complexity index is 432. The first-order valence-electron chi connectivity index (χ1n) is 7.30. The molecule has 3 nitrogen and oxygen atoms in total. The van der Waals surface area contributed by atoms with Crippen LogP contribution in [-0.2, 0) is 4.74 Å². The van der Waals surface area contributed by atoms with Crippen molar-refractivity contribution in [3.8, 4) is 5.75 Å². The molecule has 1 aromatic carbocycles. The van der Waals surface area contributed by atoms with Gasteiger partial charge < -0.3 is 14.8 Å². The Labute approximate surface area is 120 Å². The van der Waals surface area contributed by atoms with Crippen LogP contribution in [0.5, 0.6) is 5.75 Å². The Balaban J connectivity index is 2.00. The van der Waals surface area contributed by atoms with E-state index in [2.05, 4.69) is 5.32 Å². The van der Waals surface area contributed by atoms with E-state index in [-0.39, 0.29) is 11.9 Å². The van der Waals surface area contributed by atoms with Gasteiger partial charge in [0.05, 0.1) is 13.2 Å². The highest BCUT2D eigenvalue weighted by Gasteiger charge is 2.32. The van der Waals surface area contributed by atoms with E-state index in [9.17, 15) is 4.39 Å². The fraction of sp³-hybridized carbons (Fsp3) is 0.625. The van der Waals surface area contributed by atoms with Gasteiger partial charge in [-0.05, 0) is 57.4 Å². The quantitative estimate of drug-likeness (QED) is 0.832. The molecule has 0 aliphatic heterocycles. The number of nitrogens with one attached hydrogen (secondary N) is 1. The molecule has 1 N–H and O–H groups in total. The molecule has 1 fully saturated rings. The lowest BCUT2D eigenvalue weighted by atomic mass is 9.77. The van der Waals surface area contributed by atoms with E-state index in [0.29, 0.717) is 12.0 Å². The fourth-order valence-corrected chi connectivity index (χ4v) is 2.95. The number of benzene rings is 1. The van der Waals surface area contributed by atoms with Crippen molar-refractivity contribution in [2.45, 2.75) is 38.3 Å². The summed E-state index contributed by atoms with van der Waals surface area (Å²) in [5.41, 5.74) is 0.898. The van der Waals surface area contributed by atoms with Crippen LogP contribution in [0.15, 0.2) is 18.2 Å². The summed E-state index contributed by atoms with van der Waals surface area (Å²) >= 11 is 0. The third kappa shape index (κ3) is 3.49. The molecule has 0 amide bonds. The van der Waals surface area contributed by atoms with E-state index in [1.807, 2.05) is 14.0 Å². The molecule has 1 aliphatic rings. The molecule has 0 aromatic heterocycles. The molecule has 0 heterocycles. The van der Waals surface area contributed by atoms with E-state index >= 15 is 0 Å². The highest BCUT2D eigenvalue weighted by Crippen LogP contribution is 2.38. The molecule has 112 valence electrons. The van der Waals surface area contributed by atoms with Crippen molar-refractivity contribution in [1.82, 2.24) is 5.32 Å². The Kier molecular flexibility index (Phi) is 5.38. The number of hydrogen-bond donors (Lipinski definition) is 1. The van der Waals surface area contributed by atoms with Crippen LogP contribution in [0.1, 0.15) is 37.8 Å². The maximum atomic E-state index is 13.5. The Morgan fingerprint density at radius 3 is 2.75 bits per heavy atom. The van der Waals surface area contributed by atoms with Gasteiger partial charge in [0.15, 0.2) is 0 Å². The van der Waals surface area contributed by atoms with Crippen molar-refractivity contribution in [1.29, 1.82) is 0 Å². The predicted octanol–water partition coefficient (Wildman–Crippen LogP) is 3.30. The predicted molar refractivity (Wildman–Crippen MR) is 77.5 cm³/mol. The van der Waals surface area contributed by atoms with Gasteiger partial charge >= 0.3 is 0 Å². The van der Waals surface area contributed by atoms with Crippen LogP contribution >= 0.6 is 0 Å². The van der Waals surface area contributed by atoms with Crippen molar-refractivity contribution in [2.24, 2.45) is 5.92 Å². The third-order valence-electron chi connectivity index (χ3n) is 4.08. The number of ether oxygens (including phenoxy) is 2. The Hall–Kier alpha value is -1.13. The minimum absolute atomic E-state index is 0.119.